The molecule has 134 valence electrons. The summed E-state index contributed by atoms with van der Waals surface area (Å²) in [4.78, 5) is 34.3. The minimum atomic E-state index is -0.913. The number of methoxy groups -OCH3 is 1. The molecule has 0 atom stereocenters. The number of cyclic esters (lactones) is 1. The molecule has 0 aromatic heterocycles. The van der Waals surface area contributed by atoms with Crippen molar-refractivity contribution >= 4 is 17.8 Å². The third kappa shape index (κ3) is 3.57. The molecule has 25 heavy (non-hydrogen) atoms. The van der Waals surface area contributed by atoms with Crippen LogP contribution in [0.4, 0.5) is 0 Å². The number of benzene rings is 1. The third-order valence-electron chi connectivity index (χ3n) is 4.02. The molecule has 1 aromatic rings. The number of phenols is 1. The van der Waals surface area contributed by atoms with E-state index in [0.717, 1.165) is 5.57 Å². The van der Waals surface area contributed by atoms with Crippen molar-refractivity contribution in [3.8, 4) is 11.5 Å². The third-order valence-corrected chi connectivity index (χ3v) is 4.02. The average molecular weight is 349 g/mol. The van der Waals surface area contributed by atoms with Gasteiger partial charge in [0, 0.05) is 17.5 Å². The van der Waals surface area contributed by atoms with Gasteiger partial charge in [0.2, 0.25) is 0 Å². The summed E-state index contributed by atoms with van der Waals surface area (Å²) in [6.45, 7) is 1.59. The van der Waals surface area contributed by atoms with Gasteiger partial charge in [-0.05, 0) is 19.8 Å². The van der Waals surface area contributed by atoms with Gasteiger partial charge in [-0.1, -0.05) is 11.6 Å². The molecule has 0 aliphatic carbocycles. The predicted octanol–water partition coefficient (Wildman–Crippen LogP) is 1.52. The number of aromatic hydroxyl groups is 1. The highest BCUT2D eigenvalue weighted by Crippen LogP contribution is 2.42. The number of primary amides is 1. The molecular formula is C17H19NO7. The normalized spacial score (nSPS) is 13.4. The topological polar surface area (TPSA) is 136 Å². The number of hydrogen-bond donors (Lipinski definition) is 3. The minimum absolute atomic E-state index is 0.00717. The number of phenolic OH excluding ortho intramolecular Hbond substituents is 1. The van der Waals surface area contributed by atoms with E-state index in [9.17, 15) is 19.5 Å². The van der Waals surface area contributed by atoms with Crippen molar-refractivity contribution in [3.05, 3.63) is 33.9 Å². The van der Waals surface area contributed by atoms with Gasteiger partial charge in [0.1, 0.15) is 23.7 Å². The van der Waals surface area contributed by atoms with Gasteiger partial charge in [0.05, 0.1) is 12.7 Å². The maximum atomic E-state index is 11.9. The first-order valence-corrected chi connectivity index (χ1v) is 7.56. The standard InChI is InChI=1S/C17H19NO7/c1-8(4-6-11(19)20)3-5-9-14(21)12-10(7-25-17(12)23)13(16(18)22)15(9)24-2/h3,21H,4-7H2,1-2H3,(H2,18,22)(H,19,20)/b8-3+. The van der Waals surface area contributed by atoms with E-state index in [4.69, 9.17) is 20.3 Å². The van der Waals surface area contributed by atoms with Crippen molar-refractivity contribution in [3.63, 3.8) is 0 Å². The predicted molar refractivity (Wildman–Crippen MR) is 86.6 cm³/mol. The smallest absolute Gasteiger partial charge is 0.342 e. The van der Waals surface area contributed by atoms with Gasteiger partial charge in [0.15, 0.2) is 0 Å². The number of fused-ring (bicyclic) bond motifs is 1. The van der Waals surface area contributed by atoms with Gasteiger partial charge in [-0.25, -0.2) is 4.79 Å². The Bertz CT molecular complexity index is 780. The maximum absolute atomic E-state index is 11.9. The number of nitrogens with two attached hydrogens (primary N) is 1. The fourth-order valence-corrected chi connectivity index (χ4v) is 2.75. The Morgan fingerprint density at radius 2 is 2.04 bits per heavy atom. The first-order valence-electron chi connectivity index (χ1n) is 7.56. The molecule has 1 aromatic carbocycles. The zero-order chi connectivity index (χ0) is 18.7. The summed E-state index contributed by atoms with van der Waals surface area (Å²) >= 11 is 0. The van der Waals surface area contributed by atoms with Crippen LogP contribution < -0.4 is 10.5 Å². The maximum Gasteiger partial charge on any atom is 0.342 e. The van der Waals surface area contributed by atoms with Gasteiger partial charge in [-0.15, -0.1) is 0 Å². The number of ether oxygens (including phenoxy) is 2. The first-order chi connectivity index (χ1) is 11.8. The zero-order valence-electron chi connectivity index (χ0n) is 13.9. The summed E-state index contributed by atoms with van der Waals surface area (Å²) in [5.41, 5.74) is 6.56. The van der Waals surface area contributed by atoms with Crippen LogP contribution in [0, 0.1) is 0 Å². The monoisotopic (exact) mass is 349 g/mol. The summed E-state index contributed by atoms with van der Waals surface area (Å²) in [6.07, 6.45) is 2.17. The lowest BCUT2D eigenvalue weighted by molar-refractivity contribution is -0.136. The molecule has 1 heterocycles. The number of hydrogen-bond acceptors (Lipinski definition) is 6. The second-order valence-electron chi connectivity index (χ2n) is 5.68. The zero-order valence-corrected chi connectivity index (χ0v) is 13.9. The van der Waals surface area contributed by atoms with E-state index in [-0.39, 0.29) is 53.2 Å². The quantitative estimate of drug-likeness (QED) is 0.501. The van der Waals surface area contributed by atoms with Crippen LogP contribution in [0.15, 0.2) is 11.6 Å². The van der Waals surface area contributed by atoms with Gasteiger partial charge in [0.25, 0.3) is 5.91 Å². The largest absolute Gasteiger partial charge is 0.507 e. The van der Waals surface area contributed by atoms with Crippen LogP contribution in [0.5, 0.6) is 11.5 Å². The van der Waals surface area contributed by atoms with Gasteiger partial charge in [-0.2, -0.15) is 0 Å². The first kappa shape index (κ1) is 18.3. The molecule has 2 rings (SSSR count). The highest BCUT2D eigenvalue weighted by Gasteiger charge is 2.35. The Labute approximate surface area is 143 Å². The summed E-state index contributed by atoms with van der Waals surface area (Å²) in [6, 6.07) is 0. The van der Waals surface area contributed by atoms with Gasteiger partial charge >= 0.3 is 11.9 Å². The molecule has 0 spiro atoms. The second kappa shape index (κ2) is 7.25. The Balaban J connectivity index is 2.50. The number of amides is 1. The van der Waals surface area contributed by atoms with Crippen molar-refractivity contribution in [1.29, 1.82) is 0 Å². The van der Waals surface area contributed by atoms with Gasteiger partial charge < -0.3 is 25.4 Å². The molecule has 8 heteroatoms. The molecule has 4 N–H and O–H groups in total. The van der Waals surface area contributed by atoms with Crippen LogP contribution in [-0.2, 0) is 22.6 Å². The van der Waals surface area contributed by atoms with Crippen LogP contribution in [0.3, 0.4) is 0 Å². The van der Waals surface area contributed by atoms with E-state index >= 15 is 0 Å². The highest BCUT2D eigenvalue weighted by atomic mass is 16.5. The number of aliphatic carboxylic acids is 1. The molecule has 8 nitrogen and oxygen atoms in total. The molecule has 1 aliphatic heterocycles. The van der Waals surface area contributed by atoms with E-state index < -0.39 is 17.8 Å². The Hall–Kier alpha value is -3.03. The summed E-state index contributed by atoms with van der Waals surface area (Å²) in [7, 11) is 1.33. The molecular weight excluding hydrogens is 330 g/mol. The molecule has 1 amide bonds. The molecule has 0 fully saturated rings. The van der Waals surface area contributed by atoms with Crippen molar-refractivity contribution < 1.29 is 34.1 Å². The molecule has 0 saturated heterocycles. The van der Waals surface area contributed by atoms with Crippen molar-refractivity contribution in [1.82, 2.24) is 0 Å². The molecule has 0 saturated carbocycles. The average Bonchev–Trinajstić information content (AvgIpc) is 2.92. The fourth-order valence-electron chi connectivity index (χ4n) is 2.75. The van der Waals surface area contributed by atoms with Crippen molar-refractivity contribution in [2.24, 2.45) is 5.73 Å². The van der Waals surface area contributed by atoms with Crippen LogP contribution in [0.25, 0.3) is 0 Å². The Morgan fingerprint density at radius 1 is 1.36 bits per heavy atom. The SMILES string of the molecule is COc1c(C/C=C(\C)CCC(=O)O)c(O)c2c(c1C(N)=O)COC2=O. The highest BCUT2D eigenvalue weighted by molar-refractivity contribution is 6.05. The number of carboxylic acids is 1. The number of rotatable bonds is 7. The molecule has 1 aliphatic rings. The lowest BCUT2D eigenvalue weighted by atomic mass is 9.93. The van der Waals surface area contributed by atoms with Crippen molar-refractivity contribution in [2.45, 2.75) is 32.8 Å². The van der Waals surface area contributed by atoms with E-state index in [0.29, 0.717) is 6.42 Å². The van der Waals surface area contributed by atoms with E-state index in [1.807, 2.05) is 0 Å². The van der Waals surface area contributed by atoms with E-state index in [1.165, 1.54) is 7.11 Å². The van der Waals surface area contributed by atoms with Crippen molar-refractivity contribution in [2.75, 3.05) is 7.11 Å². The van der Waals surface area contributed by atoms with E-state index in [2.05, 4.69) is 0 Å². The second-order valence-corrected chi connectivity index (χ2v) is 5.68. The minimum Gasteiger partial charge on any atom is -0.507 e. The van der Waals surface area contributed by atoms with E-state index in [1.54, 1.807) is 13.0 Å². The summed E-state index contributed by atoms with van der Waals surface area (Å²) in [5.74, 6) is -2.67. The lowest BCUT2D eigenvalue weighted by Crippen LogP contribution is -2.17. The number of carbonyl (C=O) groups is 3. The summed E-state index contributed by atoms with van der Waals surface area (Å²) < 4.78 is 10.2. The Kier molecular flexibility index (Phi) is 5.31. The molecule has 0 radical (unpaired) electrons. The fraction of sp³-hybridized carbons (Fsp3) is 0.353. The molecule has 0 bridgehead atoms. The number of carboxylic acid groups (broad SMARTS) is 1. The molecule has 0 unspecified atom stereocenters. The summed E-state index contributed by atoms with van der Waals surface area (Å²) in [5, 5.41) is 19.2. The number of esters is 1. The van der Waals surface area contributed by atoms with Crippen LogP contribution >= 0.6 is 0 Å². The van der Waals surface area contributed by atoms with Crippen LogP contribution in [-0.4, -0.2) is 35.2 Å². The lowest BCUT2D eigenvalue weighted by Gasteiger charge is -2.16. The number of allylic oxidation sites excluding steroid dienone is 2. The van der Waals surface area contributed by atoms with Crippen LogP contribution in [0.1, 0.15) is 51.6 Å². The van der Waals surface area contributed by atoms with Gasteiger partial charge in [-0.3, -0.25) is 9.59 Å². The number of carbonyl (C=O) groups excluding carboxylic acids is 2. The Morgan fingerprint density at radius 3 is 2.60 bits per heavy atom. The van der Waals surface area contributed by atoms with Crippen LogP contribution in [0.2, 0.25) is 0 Å².